The van der Waals surface area contributed by atoms with Crippen molar-refractivity contribution in [3.63, 3.8) is 0 Å². The summed E-state index contributed by atoms with van der Waals surface area (Å²) in [6.07, 6.45) is 0. The van der Waals surface area contributed by atoms with Crippen molar-refractivity contribution >= 4 is 100 Å². The third-order valence-electron chi connectivity index (χ3n) is 0. The van der Waals surface area contributed by atoms with Crippen LogP contribution in [0.3, 0.4) is 0 Å². The second-order valence-corrected chi connectivity index (χ2v) is 0. The zero-order valence-electron chi connectivity index (χ0n) is 5.39. The van der Waals surface area contributed by atoms with Gasteiger partial charge in [-0.2, -0.15) is 0 Å². The molecule has 0 saturated heterocycles. The third-order valence-corrected chi connectivity index (χ3v) is 0. The normalized spacial score (nSPS) is 0. The van der Waals surface area contributed by atoms with Crippen LogP contribution in [0.15, 0.2) is 0 Å². The Balaban J connectivity index is 0. The fraction of sp³-hybridized carbons (Fsp3) is 0. The molecule has 0 bridgehead atoms. The Kier molecular flexibility index (Phi) is 4630. The molecule has 7 nitrogen and oxygen atoms in total. The summed E-state index contributed by atoms with van der Waals surface area (Å²) in [5.74, 6) is 0. The monoisotopic (exact) mass is 784 g/mol. The minimum Gasteiger partial charge on any atom is -0.412 e. The maximum Gasteiger partial charge on any atom is 0 e. The topological polar surface area (TPSA) is 220 Å². The molecule has 14 radical (unpaired) electrons. The van der Waals surface area contributed by atoms with Crippen molar-refractivity contribution in [1.29, 1.82) is 0 Å². The fourth-order valence-corrected chi connectivity index (χ4v) is 0. The maximum atomic E-state index is 0. The summed E-state index contributed by atoms with van der Waals surface area (Å²) in [4.78, 5) is 0. The summed E-state index contributed by atoms with van der Waals surface area (Å²) in [6.45, 7) is 0. The van der Waals surface area contributed by atoms with Crippen LogP contribution in [0.5, 0.6) is 0 Å². The van der Waals surface area contributed by atoms with E-state index in [1.54, 1.807) is 0 Å². The van der Waals surface area contributed by atoms with Crippen LogP contribution in [0.1, 0.15) is 0 Å². The molecule has 14 N–H and O–H groups in total. The molecule has 0 saturated carbocycles. The van der Waals surface area contributed by atoms with Crippen molar-refractivity contribution in [3.8, 4) is 0 Å². The molecule has 0 aromatic heterocycles. The first-order chi connectivity index (χ1) is 0. The van der Waals surface area contributed by atoms with E-state index in [-0.39, 0.29) is 139 Å². The predicted octanol–water partition coefficient (Wildman–Crippen LogP) is -7.30. The van der Waals surface area contributed by atoms with E-state index in [9.17, 15) is 0 Å². The third kappa shape index (κ3) is 169. The Morgan fingerprint density at radius 3 is 0.273 bits per heavy atom. The molecule has 11 heavy (non-hydrogen) atoms. The minimum absolute atomic E-state index is 0. The van der Waals surface area contributed by atoms with Crippen molar-refractivity contribution in [2.75, 3.05) is 0 Å². The first-order valence-corrected chi connectivity index (χ1v) is 0. The molecule has 0 rings (SSSR count). The molecule has 74 valence electrons. The van der Waals surface area contributed by atoms with Gasteiger partial charge < -0.3 is 38.3 Å². The van der Waals surface area contributed by atoms with Gasteiger partial charge in [0, 0.05) is 100 Å². The summed E-state index contributed by atoms with van der Waals surface area (Å²) in [5.41, 5.74) is 0. The molecule has 0 aliphatic rings. The van der Waals surface area contributed by atoms with E-state index in [0.29, 0.717) is 0 Å². The smallest absolute Gasteiger partial charge is 0 e. The van der Waals surface area contributed by atoms with E-state index in [2.05, 4.69) is 0 Å². The molecular weight excluding hydrogens is 767 g/mol. The summed E-state index contributed by atoms with van der Waals surface area (Å²) in [6, 6.07) is 0. The van der Waals surface area contributed by atoms with Crippen molar-refractivity contribution in [3.05, 3.63) is 0 Å². The Bertz CT molecular complexity index is 14.4. The van der Waals surface area contributed by atoms with Crippen molar-refractivity contribution in [2.45, 2.75) is 0 Å². The summed E-state index contributed by atoms with van der Waals surface area (Å²) < 4.78 is 0. The van der Waals surface area contributed by atoms with Gasteiger partial charge in [0.05, 0.1) is 0 Å². The molecule has 0 aliphatic carbocycles. The van der Waals surface area contributed by atoms with Gasteiger partial charge in [-0.1, -0.05) is 0 Å². The van der Waals surface area contributed by atoms with Crippen molar-refractivity contribution in [1.82, 2.24) is 0 Å². The number of hydrogen-bond donors (Lipinski definition) is 0. The van der Waals surface area contributed by atoms with Gasteiger partial charge in [-0.05, 0) is 0 Å². The van der Waals surface area contributed by atoms with E-state index in [1.165, 1.54) is 0 Å². The molecule has 0 heterocycles. The van der Waals surface area contributed by atoms with Gasteiger partial charge in [0.1, 0.15) is 0 Å². The summed E-state index contributed by atoms with van der Waals surface area (Å²) in [5, 5.41) is 0. The van der Waals surface area contributed by atoms with E-state index < -0.39 is 0 Å². The average Bonchev–Trinajstić information content (AvgIpc) is 0. The maximum absolute atomic E-state index is 0. The SMILES string of the molecule is O.O.O.O.O.O.O.[Bi].[Bi].[Sn].[Sn]. The predicted molar refractivity (Wildman–Crippen MR) is 48.3 cm³/mol. The van der Waals surface area contributed by atoms with E-state index in [1.807, 2.05) is 0 Å². The second-order valence-electron chi connectivity index (χ2n) is 0. The molecule has 0 unspecified atom stereocenters. The first kappa shape index (κ1) is 254. The number of rotatable bonds is 0. The van der Waals surface area contributed by atoms with E-state index in [0.717, 1.165) is 0 Å². The standard InChI is InChI=1S/2Bi.7H2O.2Sn/h;;7*1H2;;. The summed E-state index contributed by atoms with van der Waals surface area (Å²) in [7, 11) is 0. The molecule has 0 aromatic rings. The largest absolute Gasteiger partial charge is 0.412 e. The summed E-state index contributed by atoms with van der Waals surface area (Å²) >= 11 is 0. The minimum atomic E-state index is 0. The fourth-order valence-electron chi connectivity index (χ4n) is 0. The average molecular weight is 781 g/mol. The van der Waals surface area contributed by atoms with Gasteiger partial charge in [0.2, 0.25) is 0 Å². The molecule has 0 aliphatic heterocycles. The zero-order chi connectivity index (χ0) is 0. The van der Waals surface area contributed by atoms with E-state index in [4.69, 9.17) is 0 Å². The molecule has 0 spiro atoms. The molecule has 11 heteroatoms. The van der Waals surface area contributed by atoms with Crippen LogP contribution in [0, 0.1) is 0 Å². The Morgan fingerprint density at radius 1 is 0.273 bits per heavy atom. The van der Waals surface area contributed by atoms with Crippen molar-refractivity contribution < 1.29 is 38.3 Å². The first-order valence-electron chi connectivity index (χ1n) is 0. The molecule has 0 amide bonds. The van der Waals surface area contributed by atoms with Gasteiger partial charge in [0.25, 0.3) is 0 Å². The van der Waals surface area contributed by atoms with Gasteiger partial charge in [0.15, 0.2) is 0 Å². The van der Waals surface area contributed by atoms with E-state index >= 15 is 0 Å². The van der Waals surface area contributed by atoms with Crippen LogP contribution in [-0.2, 0) is 0 Å². The Hall–Kier alpha value is 3.08. The van der Waals surface area contributed by atoms with Gasteiger partial charge in [-0.3, -0.25) is 0 Å². The van der Waals surface area contributed by atoms with Gasteiger partial charge in [-0.15, -0.1) is 0 Å². The molecular formula is H14Bi2O7Sn2. The second kappa shape index (κ2) is 201. The van der Waals surface area contributed by atoms with Crippen LogP contribution in [0.2, 0.25) is 0 Å². The molecule has 0 atom stereocenters. The molecule has 0 aromatic carbocycles. The Labute approximate surface area is 136 Å². The molecule has 0 fully saturated rings. The van der Waals surface area contributed by atoms with Gasteiger partial charge >= 0.3 is 0 Å². The van der Waals surface area contributed by atoms with Crippen LogP contribution in [0.25, 0.3) is 0 Å². The van der Waals surface area contributed by atoms with Crippen molar-refractivity contribution in [2.24, 2.45) is 0 Å². The van der Waals surface area contributed by atoms with Crippen LogP contribution >= 0.6 is 0 Å². The van der Waals surface area contributed by atoms with Gasteiger partial charge in [-0.25, -0.2) is 0 Å². The number of hydrogen-bond acceptors (Lipinski definition) is 0. The quantitative estimate of drug-likeness (QED) is 0.209. The van der Waals surface area contributed by atoms with Crippen LogP contribution in [0.4, 0.5) is 0 Å². The van der Waals surface area contributed by atoms with Crippen LogP contribution in [-0.4, -0.2) is 139 Å². The zero-order valence-corrected chi connectivity index (χ0v) is 18.1. The Morgan fingerprint density at radius 2 is 0.273 bits per heavy atom. The van der Waals surface area contributed by atoms with Crippen LogP contribution < -0.4 is 0 Å².